The zero-order valence-corrected chi connectivity index (χ0v) is 20.3. The summed E-state index contributed by atoms with van der Waals surface area (Å²) < 4.78 is 7.48. The van der Waals surface area contributed by atoms with Crippen LogP contribution in [0.1, 0.15) is 63.8 Å². The van der Waals surface area contributed by atoms with Crippen molar-refractivity contribution in [2.75, 3.05) is 24.6 Å². The van der Waals surface area contributed by atoms with Crippen molar-refractivity contribution in [3.8, 4) is 0 Å². The Morgan fingerprint density at radius 1 is 1.29 bits per heavy atom. The first-order valence-electron chi connectivity index (χ1n) is 11.2. The van der Waals surface area contributed by atoms with Crippen LogP contribution in [-0.2, 0) is 4.74 Å². The summed E-state index contributed by atoms with van der Waals surface area (Å²) in [5.41, 5.74) is 7.80. The monoisotopic (exact) mass is 466 g/mol. The zero-order valence-electron chi connectivity index (χ0n) is 18.8. The summed E-state index contributed by atoms with van der Waals surface area (Å²) in [6.45, 7) is 10.3. The smallest absolute Gasteiger partial charge is 0.263 e. The number of aryl methyl sites for hydroxylation is 1. The number of ether oxygens (including phenoxy) is 1. The lowest BCUT2D eigenvalue weighted by molar-refractivity contribution is 0.0974. The summed E-state index contributed by atoms with van der Waals surface area (Å²) in [7, 11) is 0. The molecule has 0 amide bonds. The van der Waals surface area contributed by atoms with Crippen LogP contribution in [0.2, 0.25) is 0 Å². The summed E-state index contributed by atoms with van der Waals surface area (Å²) in [5.74, 6) is 1.43. The van der Waals surface area contributed by atoms with Crippen molar-refractivity contribution in [2.24, 2.45) is 11.1 Å². The minimum Gasteiger partial charge on any atom is -0.376 e. The average Bonchev–Trinajstić information content (AvgIpc) is 2.99. The van der Waals surface area contributed by atoms with Crippen LogP contribution < -0.4 is 16.2 Å². The van der Waals surface area contributed by atoms with E-state index in [0.29, 0.717) is 40.2 Å². The predicted molar refractivity (Wildman–Crippen MR) is 127 cm³/mol. The van der Waals surface area contributed by atoms with Gasteiger partial charge in [-0.25, -0.2) is 4.98 Å². The van der Waals surface area contributed by atoms with Crippen LogP contribution >= 0.6 is 23.2 Å². The lowest BCUT2D eigenvalue weighted by Crippen LogP contribution is -2.51. The van der Waals surface area contributed by atoms with Crippen molar-refractivity contribution in [2.45, 2.75) is 71.4 Å². The van der Waals surface area contributed by atoms with Gasteiger partial charge >= 0.3 is 0 Å². The van der Waals surface area contributed by atoms with Crippen LogP contribution in [0, 0.1) is 12.3 Å². The molecule has 4 rings (SSSR count). The molecule has 2 saturated heterocycles. The largest absolute Gasteiger partial charge is 0.376 e. The maximum atomic E-state index is 13.7. The number of piperidine rings is 1. The highest BCUT2D eigenvalue weighted by Crippen LogP contribution is 2.42. The van der Waals surface area contributed by atoms with Crippen molar-refractivity contribution in [1.29, 1.82) is 0 Å². The van der Waals surface area contributed by atoms with Crippen molar-refractivity contribution in [3.63, 3.8) is 0 Å². The van der Waals surface area contributed by atoms with E-state index in [2.05, 4.69) is 11.8 Å². The Morgan fingerprint density at radius 3 is 2.55 bits per heavy atom. The molecule has 0 bridgehead atoms. The van der Waals surface area contributed by atoms with Crippen LogP contribution in [0.4, 0.5) is 5.82 Å². The van der Waals surface area contributed by atoms with E-state index in [0.717, 1.165) is 38.2 Å². The molecule has 2 atom stereocenters. The number of allylic oxidation sites excluding steroid dienone is 4. The number of nitrogens with zero attached hydrogens (tertiary/aromatic N) is 3. The molecule has 1 aromatic heterocycles. The number of aromatic nitrogens is 2. The lowest BCUT2D eigenvalue weighted by Gasteiger charge is -2.42. The topological polar surface area (TPSA) is 73.4 Å². The van der Waals surface area contributed by atoms with E-state index in [4.69, 9.17) is 38.7 Å². The van der Waals surface area contributed by atoms with Gasteiger partial charge in [0.25, 0.3) is 5.56 Å². The van der Waals surface area contributed by atoms with Crippen LogP contribution in [0.15, 0.2) is 20.9 Å². The number of hydrogen-bond acceptors (Lipinski definition) is 5. The van der Waals surface area contributed by atoms with Crippen molar-refractivity contribution < 1.29 is 4.74 Å². The number of nitrogens with two attached hydrogens (primary N) is 1. The molecule has 3 heterocycles. The van der Waals surface area contributed by atoms with Gasteiger partial charge in [-0.15, -0.1) is 0 Å². The molecular weight excluding hydrogens is 435 g/mol. The van der Waals surface area contributed by atoms with Gasteiger partial charge in [0.1, 0.15) is 11.6 Å². The molecule has 170 valence electrons. The van der Waals surface area contributed by atoms with Crippen LogP contribution in [0.3, 0.4) is 0 Å². The molecular formula is C23H32Cl2N4O2. The summed E-state index contributed by atoms with van der Waals surface area (Å²) in [5, 5.41) is 1.03. The van der Waals surface area contributed by atoms with Crippen molar-refractivity contribution >= 4 is 34.7 Å². The van der Waals surface area contributed by atoms with Gasteiger partial charge in [-0.05, 0) is 45.4 Å². The fourth-order valence-corrected chi connectivity index (χ4v) is 5.62. The number of rotatable bonds is 3. The van der Waals surface area contributed by atoms with E-state index in [1.165, 1.54) is 0 Å². The first-order chi connectivity index (χ1) is 14.7. The zero-order chi connectivity index (χ0) is 22.5. The molecule has 1 aliphatic carbocycles. The van der Waals surface area contributed by atoms with Crippen molar-refractivity contribution in [3.05, 3.63) is 37.9 Å². The van der Waals surface area contributed by atoms with E-state index in [1.54, 1.807) is 4.57 Å². The highest BCUT2D eigenvalue weighted by molar-refractivity contribution is 6.43. The Morgan fingerprint density at radius 2 is 1.97 bits per heavy atom. The Labute approximate surface area is 194 Å². The van der Waals surface area contributed by atoms with E-state index in [9.17, 15) is 4.79 Å². The molecule has 2 N–H and O–H groups in total. The Kier molecular flexibility index (Phi) is 6.29. The van der Waals surface area contributed by atoms with Gasteiger partial charge in [0.05, 0.1) is 29.0 Å². The first-order valence-corrected chi connectivity index (χ1v) is 11.9. The summed E-state index contributed by atoms with van der Waals surface area (Å²) in [4.78, 5) is 20.9. The van der Waals surface area contributed by atoms with E-state index in [-0.39, 0.29) is 29.0 Å². The second-order valence-electron chi connectivity index (χ2n) is 9.43. The SMILES string of the molecule is Cc1nc(N2CCC3(CC2)CO[C@@H](C)[C@H]3N)c(C(C)C)c(=O)n1C1=CCCC(Cl)=C1Cl. The molecule has 6 nitrogen and oxygen atoms in total. The van der Waals surface area contributed by atoms with Gasteiger partial charge in [0.2, 0.25) is 0 Å². The molecule has 0 unspecified atom stereocenters. The van der Waals surface area contributed by atoms with Crippen LogP contribution in [-0.4, -0.2) is 41.4 Å². The lowest BCUT2D eigenvalue weighted by atomic mass is 9.73. The third kappa shape index (κ3) is 3.86. The fraction of sp³-hybridized carbons (Fsp3) is 0.652. The predicted octanol–water partition coefficient (Wildman–Crippen LogP) is 4.33. The highest BCUT2D eigenvalue weighted by Gasteiger charge is 2.48. The minimum atomic E-state index is -0.0666. The second-order valence-corrected chi connectivity index (χ2v) is 10.3. The van der Waals surface area contributed by atoms with E-state index < -0.39 is 0 Å². The van der Waals surface area contributed by atoms with Gasteiger partial charge in [-0.3, -0.25) is 9.36 Å². The third-order valence-corrected chi connectivity index (χ3v) is 8.05. The average molecular weight is 467 g/mol. The molecule has 1 spiro atoms. The molecule has 8 heteroatoms. The molecule has 1 aromatic rings. The highest BCUT2D eigenvalue weighted by atomic mass is 35.5. The Balaban J connectivity index is 1.71. The summed E-state index contributed by atoms with van der Waals surface area (Å²) in [6, 6.07) is 0.0545. The standard InChI is InChI=1S/C23H32Cl2N4O2/c1-13(2)18-21(28-10-8-23(9-11-28)12-31-14(3)20(23)26)27-15(4)29(22(18)30)17-7-5-6-16(24)19(17)25/h7,13-14,20H,5-6,8-12,26H2,1-4H3/t14-,20+/m0/s1. The molecule has 0 aromatic carbocycles. The normalized spacial score (nSPS) is 26.2. The maximum absolute atomic E-state index is 13.7. The van der Waals surface area contributed by atoms with Gasteiger partial charge in [-0.1, -0.05) is 43.1 Å². The Hall–Kier alpha value is -1.34. The van der Waals surface area contributed by atoms with Gasteiger partial charge in [-0.2, -0.15) is 0 Å². The molecule has 2 fully saturated rings. The molecule has 0 radical (unpaired) electrons. The van der Waals surface area contributed by atoms with Gasteiger partial charge in [0.15, 0.2) is 0 Å². The van der Waals surface area contributed by atoms with Gasteiger partial charge < -0.3 is 15.4 Å². The third-order valence-electron chi connectivity index (χ3n) is 7.15. The molecule has 2 aliphatic heterocycles. The number of hydrogen-bond donors (Lipinski definition) is 1. The van der Waals surface area contributed by atoms with E-state index >= 15 is 0 Å². The summed E-state index contributed by atoms with van der Waals surface area (Å²) >= 11 is 12.8. The molecule has 0 saturated carbocycles. The number of halogens is 2. The fourth-order valence-electron chi connectivity index (χ4n) is 5.16. The summed E-state index contributed by atoms with van der Waals surface area (Å²) in [6.07, 6.45) is 5.39. The second kappa shape index (κ2) is 8.54. The van der Waals surface area contributed by atoms with Crippen LogP contribution in [0.25, 0.3) is 5.70 Å². The maximum Gasteiger partial charge on any atom is 0.263 e. The number of anilines is 1. The van der Waals surface area contributed by atoms with E-state index in [1.807, 2.05) is 26.8 Å². The van der Waals surface area contributed by atoms with Crippen molar-refractivity contribution in [1.82, 2.24) is 9.55 Å². The quantitative estimate of drug-likeness (QED) is 0.717. The van der Waals surface area contributed by atoms with Gasteiger partial charge in [0, 0.05) is 29.6 Å². The molecule has 31 heavy (non-hydrogen) atoms. The molecule has 3 aliphatic rings. The van der Waals surface area contributed by atoms with Crippen LogP contribution in [0.5, 0.6) is 0 Å². The first kappa shape index (κ1) is 22.8. The Bertz CT molecular complexity index is 990. The minimum absolute atomic E-state index is 0.0252.